The highest BCUT2D eigenvalue weighted by molar-refractivity contribution is 7.15. The Bertz CT molecular complexity index is 566. The van der Waals surface area contributed by atoms with E-state index in [1.165, 1.54) is 4.88 Å². The van der Waals surface area contributed by atoms with Crippen molar-refractivity contribution < 1.29 is 0 Å². The molecule has 0 fully saturated rings. The number of hydrogen-bond donors (Lipinski definition) is 1. The molecule has 0 aliphatic rings. The van der Waals surface area contributed by atoms with Crippen molar-refractivity contribution in [3.63, 3.8) is 0 Å². The van der Waals surface area contributed by atoms with E-state index >= 15 is 0 Å². The average molecular weight is 263 g/mol. The maximum absolute atomic E-state index is 4.62. The van der Waals surface area contributed by atoms with Gasteiger partial charge in [-0.2, -0.15) is 0 Å². The van der Waals surface area contributed by atoms with Gasteiger partial charge in [-0.25, -0.2) is 4.98 Å². The van der Waals surface area contributed by atoms with Crippen molar-refractivity contribution in [3.8, 4) is 0 Å². The molecule has 0 bridgehead atoms. The lowest BCUT2D eigenvalue weighted by Crippen LogP contribution is -2.17. The Hall–Kier alpha value is -1.17. The van der Waals surface area contributed by atoms with Crippen molar-refractivity contribution in [2.45, 2.75) is 12.5 Å². The topological polar surface area (TPSA) is 29.3 Å². The zero-order valence-corrected chi connectivity index (χ0v) is 11.1. The zero-order chi connectivity index (χ0) is 11.7. The number of nitrogens with one attached hydrogen (secondary N) is 1. The zero-order valence-electron chi connectivity index (χ0n) is 9.46. The van der Waals surface area contributed by atoms with Gasteiger partial charge in [0.05, 0.1) is 5.69 Å². The highest BCUT2D eigenvalue weighted by Crippen LogP contribution is 2.23. The van der Waals surface area contributed by atoms with Crippen LogP contribution in [0.15, 0.2) is 35.3 Å². The van der Waals surface area contributed by atoms with Crippen LogP contribution in [0.4, 0.5) is 0 Å². The average Bonchev–Trinajstić information content (AvgIpc) is 3.01. The van der Waals surface area contributed by atoms with Crippen LogP contribution in [0, 0.1) is 0 Å². The van der Waals surface area contributed by atoms with Crippen LogP contribution < -0.4 is 5.32 Å². The van der Waals surface area contributed by atoms with Crippen LogP contribution in [-0.2, 0) is 6.42 Å². The lowest BCUT2D eigenvalue weighted by Gasteiger charge is -2.12. The first-order valence-corrected chi connectivity index (χ1v) is 7.24. The van der Waals surface area contributed by atoms with Gasteiger partial charge in [-0.1, -0.05) is 6.07 Å². The molecular formula is C12H13N3S2. The molecule has 5 heteroatoms. The molecular weight excluding hydrogens is 250 g/mol. The normalized spacial score (nSPS) is 13.2. The second-order valence-corrected chi connectivity index (χ2v) is 5.74. The van der Waals surface area contributed by atoms with E-state index in [2.05, 4.69) is 50.0 Å². The van der Waals surface area contributed by atoms with Gasteiger partial charge in [0.1, 0.15) is 0 Å². The van der Waals surface area contributed by atoms with Gasteiger partial charge in [0.2, 0.25) is 0 Å². The van der Waals surface area contributed by atoms with Crippen LogP contribution in [-0.4, -0.2) is 16.4 Å². The molecule has 1 N–H and O–H groups in total. The van der Waals surface area contributed by atoms with E-state index < -0.39 is 0 Å². The summed E-state index contributed by atoms with van der Waals surface area (Å²) in [6.07, 6.45) is 5.10. The highest BCUT2D eigenvalue weighted by atomic mass is 32.1. The van der Waals surface area contributed by atoms with Crippen LogP contribution in [0.2, 0.25) is 0 Å². The van der Waals surface area contributed by atoms with Gasteiger partial charge in [0, 0.05) is 35.1 Å². The van der Waals surface area contributed by atoms with Crippen LogP contribution >= 0.6 is 22.7 Å². The number of hydrogen-bond acceptors (Lipinski definition) is 4. The van der Waals surface area contributed by atoms with Crippen molar-refractivity contribution in [2.24, 2.45) is 0 Å². The SMILES string of the molecule is CNC(Cc1cn2ccsc2n1)c1cccs1. The standard InChI is InChI=1S/C12H13N3S2/c1-13-10(11-3-2-5-16-11)7-9-8-15-4-6-17-12(15)14-9/h2-6,8,10,13H,7H2,1H3. The molecule has 0 radical (unpaired) electrons. The molecule has 3 aromatic rings. The molecule has 0 amide bonds. The summed E-state index contributed by atoms with van der Waals surface area (Å²) in [5, 5.41) is 7.53. The van der Waals surface area contributed by atoms with Crippen LogP contribution in [0.25, 0.3) is 4.96 Å². The third kappa shape index (κ3) is 2.13. The Morgan fingerprint density at radius 2 is 2.35 bits per heavy atom. The maximum Gasteiger partial charge on any atom is 0.193 e. The molecule has 17 heavy (non-hydrogen) atoms. The number of aromatic nitrogens is 2. The molecule has 1 atom stereocenters. The van der Waals surface area contributed by atoms with Crippen molar-refractivity contribution in [3.05, 3.63) is 45.9 Å². The maximum atomic E-state index is 4.62. The summed E-state index contributed by atoms with van der Waals surface area (Å²) in [6.45, 7) is 0. The molecule has 88 valence electrons. The van der Waals surface area contributed by atoms with E-state index in [1.54, 1.807) is 22.7 Å². The minimum absolute atomic E-state index is 0.361. The van der Waals surface area contributed by atoms with Gasteiger partial charge in [-0.05, 0) is 18.5 Å². The number of nitrogens with zero attached hydrogens (tertiary/aromatic N) is 2. The highest BCUT2D eigenvalue weighted by Gasteiger charge is 2.13. The van der Waals surface area contributed by atoms with Gasteiger partial charge in [0.25, 0.3) is 0 Å². The number of thiophene rings is 1. The van der Waals surface area contributed by atoms with Gasteiger partial charge in [-0.3, -0.25) is 4.40 Å². The second-order valence-electron chi connectivity index (χ2n) is 3.89. The van der Waals surface area contributed by atoms with Crippen molar-refractivity contribution in [2.75, 3.05) is 7.05 Å². The van der Waals surface area contributed by atoms with E-state index in [0.717, 1.165) is 17.1 Å². The minimum Gasteiger partial charge on any atom is -0.312 e. The Morgan fingerprint density at radius 3 is 3.06 bits per heavy atom. The third-order valence-corrected chi connectivity index (χ3v) is 4.55. The number of thiazole rings is 1. The van der Waals surface area contributed by atoms with Crippen molar-refractivity contribution in [1.82, 2.24) is 14.7 Å². The molecule has 0 saturated heterocycles. The lowest BCUT2D eigenvalue weighted by atomic mass is 10.1. The smallest absolute Gasteiger partial charge is 0.193 e. The summed E-state index contributed by atoms with van der Waals surface area (Å²) >= 11 is 3.46. The fraction of sp³-hybridized carbons (Fsp3) is 0.250. The molecule has 0 spiro atoms. The van der Waals surface area contributed by atoms with E-state index in [0.29, 0.717) is 6.04 Å². The molecule has 0 aliphatic carbocycles. The molecule has 3 rings (SSSR count). The Labute approximate surface area is 108 Å². The predicted octanol–water partition coefficient (Wildman–Crippen LogP) is 2.96. The monoisotopic (exact) mass is 263 g/mol. The lowest BCUT2D eigenvalue weighted by molar-refractivity contribution is 0.596. The van der Waals surface area contributed by atoms with E-state index in [-0.39, 0.29) is 0 Å². The van der Waals surface area contributed by atoms with E-state index in [1.807, 2.05) is 7.05 Å². The number of imidazole rings is 1. The number of rotatable bonds is 4. The van der Waals surface area contributed by atoms with Gasteiger partial charge in [-0.15, -0.1) is 22.7 Å². The summed E-state index contributed by atoms with van der Waals surface area (Å²) in [4.78, 5) is 7.05. The molecule has 0 aliphatic heterocycles. The number of fused-ring (bicyclic) bond motifs is 1. The van der Waals surface area contributed by atoms with Gasteiger partial charge < -0.3 is 5.32 Å². The second kappa shape index (κ2) is 4.60. The molecule has 1 unspecified atom stereocenters. The summed E-state index contributed by atoms with van der Waals surface area (Å²) in [6, 6.07) is 4.62. The Kier molecular flexibility index (Phi) is 2.96. The molecule has 3 aromatic heterocycles. The van der Waals surface area contributed by atoms with E-state index in [4.69, 9.17) is 0 Å². The largest absolute Gasteiger partial charge is 0.312 e. The summed E-state index contributed by atoms with van der Waals surface area (Å²) in [7, 11) is 2.00. The Balaban J connectivity index is 1.83. The molecule has 3 nitrogen and oxygen atoms in total. The predicted molar refractivity (Wildman–Crippen MR) is 72.9 cm³/mol. The van der Waals surface area contributed by atoms with Crippen LogP contribution in [0.5, 0.6) is 0 Å². The first-order valence-electron chi connectivity index (χ1n) is 5.48. The number of likely N-dealkylation sites (N-methyl/N-ethyl adjacent to an activating group) is 1. The fourth-order valence-electron chi connectivity index (χ4n) is 1.92. The van der Waals surface area contributed by atoms with Crippen LogP contribution in [0.3, 0.4) is 0 Å². The quantitative estimate of drug-likeness (QED) is 0.784. The molecule has 0 saturated carbocycles. The third-order valence-electron chi connectivity index (χ3n) is 2.79. The summed E-state index contributed by atoms with van der Waals surface area (Å²) in [5.74, 6) is 0. The van der Waals surface area contributed by atoms with Crippen molar-refractivity contribution in [1.29, 1.82) is 0 Å². The fourth-order valence-corrected chi connectivity index (χ4v) is 3.47. The van der Waals surface area contributed by atoms with E-state index in [9.17, 15) is 0 Å². The van der Waals surface area contributed by atoms with Crippen molar-refractivity contribution >= 4 is 27.6 Å². The Morgan fingerprint density at radius 1 is 1.41 bits per heavy atom. The van der Waals surface area contributed by atoms with Gasteiger partial charge >= 0.3 is 0 Å². The molecule has 3 heterocycles. The van der Waals surface area contributed by atoms with Gasteiger partial charge in [0.15, 0.2) is 4.96 Å². The summed E-state index contributed by atoms with van der Waals surface area (Å²) in [5.41, 5.74) is 1.14. The van der Waals surface area contributed by atoms with Crippen LogP contribution in [0.1, 0.15) is 16.6 Å². The first-order chi connectivity index (χ1) is 8.36. The summed E-state index contributed by atoms with van der Waals surface area (Å²) < 4.78 is 2.08. The minimum atomic E-state index is 0.361. The molecule has 0 aromatic carbocycles. The first kappa shape index (κ1) is 11.0.